The quantitative estimate of drug-likeness (QED) is 0.504. The zero-order valence-corrected chi connectivity index (χ0v) is 14.1. The van der Waals surface area contributed by atoms with E-state index < -0.39 is 0 Å². The number of para-hydroxylation sites is 1. The fourth-order valence-corrected chi connectivity index (χ4v) is 5.82. The van der Waals surface area contributed by atoms with Crippen LogP contribution in [0.15, 0.2) is 40.2 Å². The number of nitrogens with zero attached hydrogens (tertiary/aromatic N) is 1. The average molecular weight is 403 g/mol. The Morgan fingerprint density at radius 3 is 2.78 bits per heavy atom. The zero-order chi connectivity index (χ0) is 12.5. The van der Waals surface area contributed by atoms with Gasteiger partial charge in [0.15, 0.2) is 0 Å². The van der Waals surface area contributed by atoms with Crippen molar-refractivity contribution in [2.24, 2.45) is 0 Å². The Morgan fingerprint density at radius 2 is 2.06 bits per heavy atom. The maximum atomic E-state index is 4.67. The van der Waals surface area contributed by atoms with Gasteiger partial charge in [-0.15, -0.1) is 22.7 Å². The van der Waals surface area contributed by atoms with Gasteiger partial charge in [0.25, 0.3) is 0 Å². The summed E-state index contributed by atoms with van der Waals surface area (Å²) < 4.78 is 2.44. The van der Waals surface area contributed by atoms with Crippen LogP contribution in [0, 0.1) is 0 Å². The van der Waals surface area contributed by atoms with E-state index in [9.17, 15) is 0 Å². The maximum Gasteiger partial charge on any atom is 0.0953 e. The van der Waals surface area contributed by atoms with Crippen LogP contribution in [-0.2, 0) is 6.42 Å². The Kier molecular flexibility index (Phi) is 3.84. The van der Waals surface area contributed by atoms with Crippen LogP contribution >= 0.6 is 54.5 Å². The third-order valence-corrected chi connectivity index (χ3v) is 6.75. The molecule has 1 aromatic carbocycles. The summed E-state index contributed by atoms with van der Waals surface area (Å²) >= 11 is 10.9. The highest BCUT2D eigenvalue weighted by atomic mass is 79.9. The van der Waals surface area contributed by atoms with Crippen LogP contribution in [-0.4, -0.2) is 4.98 Å². The van der Waals surface area contributed by atoms with E-state index in [1.54, 1.807) is 22.7 Å². The molecule has 0 N–H and O–H groups in total. The van der Waals surface area contributed by atoms with Gasteiger partial charge in [-0.2, -0.15) is 0 Å². The molecule has 0 amide bonds. The lowest BCUT2D eigenvalue weighted by atomic mass is 10.3. The Bertz CT molecular complexity index is 641. The molecule has 1 unspecified atom stereocenters. The standard InChI is InChI=1S/C13H9Br2NS2/c14-8-5-6-17-13(8)9(15)7-12-16-10-3-1-2-4-11(10)18-12/h1-6,9H,7H2. The van der Waals surface area contributed by atoms with E-state index in [0.717, 1.165) is 11.9 Å². The summed E-state index contributed by atoms with van der Waals surface area (Å²) in [6.07, 6.45) is 0.929. The minimum absolute atomic E-state index is 0.326. The van der Waals surface area contributed by atoms with E-state index in [2.05, 4.69) is 66.5 Å². The summed E-state index contributed by atoms with van der Waals surface area (Å²) in [7, 11) is 0. The van der Waals surface area contributed by atoms with Crippen LogP contribution in [0.3, 0.4) is 0 Å². The number of benzene rings is 1. The van der Waals surface area contributed by atoms with Gasteiger partial charge in [0.2, 0.25) is 0 Å². The summed E-state index contributed by atoms with van der Waals surface area (Å²) in [6, 6.07) is 10.4. The highest BCUT2D eigenvalue weighted by molar-refractivity contribution is 9.11. The van der Waals surface area contributed by atoms with Gasteiger partial charge >= 0.3 is 0 Å². The number of fused-ring (bicyclic) bond motifs is 1. The molecule has 0 bridgehead atoms. The van der Waals surface area contributed by atoms with E-state index >= 15 is 0 Å². The van der Waals surface area contributed by atoms with Crippen LogP contribution in [0.4, 0.5) is 0 Å². The number of hydrogen-bond donors (Lipinski definition) is 0. The van der Waals surface area contributed by atoms with Crippen molar-refractivity contribution in [1.29, 1.82) is 0 Å². The van der Waals surface area contributed by atoms with Crippen molar-refractivity contribution in [1.82, 2.24) is 4.98 Å². The molecule has 5 heteroatoms. The van der Waals surface area contributed by atoms with Gasteiger partial charge in [-0.05, 0) is 39.5 Å². The minimum atomic E-state index is 0.326. The Hall–Kier alpha value is -0.230. The molecule has 2 heterocycles. The fraction of sp³-hybridized carbons (Fsp3) is 0.154. The molecule has 92 valence electrons. The number of aromatic nitrogens is 1. The first-order chi connectivity index (χ1) is 8.74. The molecule has 0 aliphatic carbocycles. The molecule has 0 aliphatic heterocycles. The van der Waals surface area contributed by atoms with Crippen molar-refractivity contribution in [3.05, 3.63) is 50.1 Å². The minimum Gasteiger partial charge on any atom is -0.241 e. The Morgan fingerprint density at radius 1 is 1.22 bits per heavy atom. The van der Waals surface area contributed by atoms with Gasteiger partial charge < -0.3 is 0 Å². The maximum absolute atomic E-state index is 4.67. The summed E-state index contributed by atoms with van der Waals surface area (Å²) in [4.78, 5) is 6.32. The second-order valence-corrected chi connectivity index (χ2v) is 7.90. The summed E-state index contributed by atoms with van der Waals surface area (Å²) in [5.74, 6) is 0. The number of thiazole rings is 1. The predicted octanol–water partition coefficient (Wildman–Crippen LogP) is 5.80. The zero-order valence-electron chi connectivity index (χ0n) is 9.27. The topological polar surface area (TPSA) is 12.9 Å². The molecule has 0 radical (unpaired) electrons. The summed E-state index contributed by atoms with van der Waals surface area (Å²) in [6.45, 7) is 0. The van der Waals surface area contributed by atoms with Crippen molar-refractivity contribution in [2.75, 3.05) is 0 Å². The third-order valence-electron chi connectivity index (χ3n) is 2.62. The third kappa shape index (κ3) is 2.54. The lowest BCUT2D eigenvalue weighted by Crippen LogP contribution is -1.92. The lowest BCUT2D eigenvalue weighted by Gasteiger charge is -2.05. The first kappa shape index (κ1) is 12.8. The molecule has 0 saturated carbocycles. The molecular formula is C13H9Br2NS2. The summed E-state index contributed by atoms with van der Waals surface area (Å²) in [5.41, 5.74) is 1.10. The van der Waals surface area contributed by atoms with Gasteiger partial charge in [0, 0.05) is 15.8 Å². The number of thiophene rings is 1. The van der Waals surface area contributed by atoms with E-state index in [4.69, 9.17) is 0 Å². The van der Waals surface area contributed by atoms with E-state index in [1.807, 2.05) is 6.07 Å². The van der Waals surface area contributed by atoms with E-state index in [1.165, 1.54) is 19.1 Å². The normalized spacial score (nSPS) is 13.0. The van der Waals surface area contributed by atoms with Crippen LogP contribution in [0.2, 0.25) is 0 Å². The van der Waals surface area contributed by atoms with Crippen LogP contribution in [0.25, 0.3) is 10.2 Å². The second kappa shape index (κ2) is 5.41. The molecule has 0 saturated heterocycles. The number of rotatable bonds is 3. The van der Waals surface area contributed by atoms with Crippen LogP contribution in [0.5, 0.6) is 0 Å². The highest BCUT2D eigenvalue weighted by Gasteiger charge is 2.15. The van der Waals surface area contributed by atoms with Gasteiger partial charge in [-0.3, -0.25) is 0 Å². The van der Waals surface area contributed by atoms with Crippen molar-refractivity contribution in [3.63, 3.8) is 0 Å². The summed E-state index contributed by atoms with van der Waals surface area (Å²) in [5, 5.41) is 3.28. The molecule has 0 fully saturated rings. The van der Waals surface area contributed by atoms with Crippen LogP contribution < -0.4 is 0 Å². The molecule has 3 rings (SSSR count). The highest BCUT2D eigenvalue weighted by Crippen LogP contribution is 2.37. The number of halogens is 2. The largest absolute Gasteiger partial charge is 0.241 e. The van der Waals surface area contributed by atoms with Crippen molar-refractivity contribution in [3.8, 4) is 0 Å². The molecule has 18 heavy (non-hydrogen) atoms. The lowest BCUT2D eigenvalue weighted by molar-refractivity contribution is 0.953. The molecule has 1 nitrogen and oxygen atoms in total. The second-order valence-electron chi connectivity index (χ2n) is 3.88. The smallest absolute Gasteiger partial charge is 0.0953 e. The first-order valence-corrected chi connectivity index (χ1v) is 8.86. The van der Waals surface area contributed by atoms with E-state index in [-0.39, 0.29) is 0 Å². The Labute approximate surface area is 130 Å². The first-order valence-electron chi connectivity index (χ1n) is 5.45. The number of hydrogen-bond acceptors (Lipinski definition) is 3. The van der Waals surface area contributed by atoms with Gasteiger partial charge in [-0.1, -0.05) is 28.1 Å². The van der Waals surface area contributed by atoms with Gasteiger partial charge in [0.1, 0.15) is 0 Å². The number of alkyl halides is 1. The SMILES string of the molecule is Brc1ccsc1C(Br)Cc1nc2ccccc2s1. The predicted molar refractivity (Wildman–Crippen MR) is 87.0 cm³/mol. The fourth-order valence-electron chi connectivity index (χ4n) is 1.78. The monoisotopic (exact) mass is 401 g/mol. The Balaban J connectivity index is 1.86. The van der Waals surface area contributed by atoms with Crippen molar-refractivity contribution in [2.45, 2.75) is 11.2 Å². The van der Waals surface area contributed by atoms with Crippen LogP contribution in [0.1, 0.15) is 14.7 Å². The van der Waals surface area contributed by atoms with Gasteiger partial charge in [-0.25, -0.2) is 4.98 Å². The average Bonchev–Trinajstić information content (AvgIpc) is 2.94. The molecule has 1 atom stereocenters. The molecular weight excluding hydrogens is 394 g/mol. The molecule has 0 spiro atoms. The molecule has 0 aliphatic rings. The van der Waals surface area contributed by atoms with E-state index in [0.29, 0.717) is 4.83 Å². The molecule has 3 aromatic rings. The molecule has 2 aromatic heterocycles. The van der Waals surface area contributed by atoms with Gasteiger partial charge in [0.05, 0.1) is 20.1 Å². The van der Waals surface area contributed by atoms with Crippen molar-refractivity contribution < 1.29 is 0 Å². The van der Waals surface area contributed by atoms with Crippen molar-refractivity contribution >= 4 is 64.8 Å².